The van der Waals surface area contributed by atoms with Crippen LogP contribution in [0, 0.1) is 0 Å². The number of methoxy groups -OCH3 is 2. The second-order valence-electron chi connectivity index (χ2n) is 4.70. The predicted octanol–water partition coefficient (Wildman–Crippen LogP) is 1.44. The number of halogens is 1. The van der Waals surface area contributed by atoms with E-state index in [4.69, 9.17) is 20.9 Å². The maximum atomic E-state index is 6.04. The van der Waals surface area contributed by atoms with Crippen molar-refractivity contribution in [1.82, 2.24) is 9.97 Å². The van der Waals surface area contributed by atoms with Crippen LogP contribution in [0.4, 0.5) is 11.8 Å². The van der Waals surface area contributed by atoms with E-state index in [2.05, 4.69) is 9.97 Å². The molecule has 2 aromatic rings. The summed E-state index contributed by atoms with van der Waals surface area (Å²) in [5.74, 6) is 2.19. The molecule has 0 bridgehead atoms. The lowest BCUT2D eigenvalue weighted by Gasteiger charge is -2.18. The van der Waals surface area contributed by atoms with Crippen molar-refractivity contribution in [2.75, 3.05) is 45.0 Å². The zero-order valence-electron chi connectivity index (χ0n) is 13.0. The first kappa shape index (κ1) is 18.1. The molecule has 122 valence electrons. The van der Waals surface area contributed by atoms with E-state index >= 15 is 0 Å². The van der Waals surface area contributed by atoms with Crippen LogP contribution in [0.3, 0.4) is 0 Å². The van der Waals surface area contributed by atoms with Gasteiger partial charge in [0.2, 0.25) is 5.95 Å². The van der Waals surface area contributed by atoms with Crippen molar-refractivity contribution in [3.63, 3.8) is 0 Å². The Kier molecular flexibility index (Phi) is 6.45. The number of nitrogens with zero attached hydrogens (tertiary/aromatic N) is 3. The van der Waals surface area contributed by atoms with Gasteiger partial charge in [0.15, 0.2) is 11.5 Å². The fourth-order valence-corrected chi connectivity index (χ4v) is 2.07. The van der Waals surface area contributed by atoms with Gasteiger partial charge in [-0.15, -0.1) is 12.4 Å². The fourth-order valence-electron chi connectivity index (χ4n) is 2.07. The summed E-state index contributed by atoms with van der Waals surface area (Å²) in [6, 6.07) is 3.58. The van der Waals surface area contributed by atoms with Gasteiger partial charge < -0.3 is 25.8 Å². The van der Waals surface area contributed by atoms with Crippen LogP contribution >= 0.6 is 12.4 Å². The highest BCUT2D eigenvalue weighted by Gasteiger charge is 2.13. The van der Waals surface area contributed by atoms with Crippen LogP contribution in [-0.2, 0) is 0 Å². The maximum Gasteiger partial charge on any atom is 0.227 e. The summed E-state index contributed by atoms with van der Waals surface area (Å²) in [4.78, 5) is 10.8. The highest BCUT2D eigenvalue weighted by molar-refractivity contribution is 5.91. The average molecular weight is 328 g/mol. The summed E-state index contributed by atoms with van der Waals surface area (Å²) >= 11 is 0. The molecule has 4 N–H and O–H groups in total. The molecule has 8 heteroatoms. The molecule has 22 heavy (non-hydrogen) atoms. The van der Waals surface area contributed by atoms with Crippen molar-refractivity contribution in [3.05, 3.63) is 12.1 Å². The number of nitrogens with two attached hydrogens (primary N) is 2. The van der Waals surface area contributed by atoms with Crippen LogP contribution in [0.25, 0.3) is 10.9 Å². The third-order valence-electron chi connectivity index (χ3n) is 3.26. The molecule has 1 aromatic carbocycles. The SMILES string of the molecule is COc1cc2nc(N(C)CCCN)nc(N)c2cc1OC.Cl. The van der Waals surface area contributed by atoms with Crippen LogP contribution in [0.15, 0.2) is 12.1 Å². The van der Waals surface area contributed by atoms with Gasteiger partial charge in [-0.3, -0.25) is 0 Å². The predicted molar refractivity (Wildman–Crippen MR) is 91.2 cm³/mol. The number of anilines is 2. The molecule has 0 radical (unpaired) electrons. The third-order valence-corrected chi connectivity index (χ3v) is 3.26. The number of ether oxygens (including phenoxy) is 2. The monoisotopic (exact) mass is 327 g/mol. The van der Waals surface area contributed by atoms with Crippen LogP contribution in [-0.4, -0.2) is 44.3 Å². The summed E-state index contributed by atoms with van der Waals surface area (Å²) in [6.07, 6.45) is 0.865. The standard InChI is InChI=1S/C14H21N5O2.ClH/c1-19(6-4-5-15)14-17-10-8-12(21-3)11(20-2)7-9(10)13(16)18-14;/h7-8H,4-6,15H2,1-3H3,(H2,16,17,18);1H. The van der Waals surface area contributed by atoms with Gasteiger partial charge in [-0.1, -0.05) is 0 Å². The van der Waals surface area contributed by atoms with Gasteiger partial charge in [-0.05, 0) is 19.0 Å². The number of aromatic nitrogens is 2. The number of nitrogen functional groups attached to an aromatic ring is 1. The number of benzene rings is 1. The van der Waals surface area contributed by atoms with E-state index in [0.717, 1.165) is 23.9 Å². The summed E-state index contributed by atoms with van der Waals surface area (Å²) in [5, 5.41) is 0.739. The molecule has 0 aliphatic rings. The quantitative estimate of drug-likeness (QED) is 0.828. The first-order valence-electron chi connectivity index (χ1n) is 6.71. The molecule has 2 rings (SSSR count). The molecule has 0 aliphatic heterocycles. The highest BCUT2D eigenvalue weighted by Crippen LogP contribution is 2.33. The molecule has 0 aliphatic carbocycles. The van der Waals surface area contributed by atoms with Crippen molar-refractivity contribution >= 4 is 35.1 Å². The molecule has 0 amide bonds. The lowest BCUT2D eigenvalue weighted by atomic mass is 10.2. The van der Waals surface area contributed by atoms with Crippen molar-refractivity contribution in [3.8, 4) is 11.5 Å². The van der Waals surface area contributed by atoms with Gasteiger partial charge in [0, 0.05) is 25.0 Å². The van der Waals surface area contributed by atoms with Crippen molar-refractivity contribution in [2.45, 2.75) is 6.42 Å². The topological polar surface area (TPSA) is 99.5 Å². The van der Waals surface area contributed by atoms with Gasteiger partial charge in [0.05, 0.1) is 19.7 Å². The minimum absolute atomic E-state index is 0. The van der Waals surface area contributed by atoms with Gasteiger partial charge >= 0.3 is 0 Å². The van der Waals surface area contributed by atoms with Crippen LogP contribution in [0.5, 0.6) is 11.5 Å². The van der Waals surface area contributed by atoms with E-state index in [1.165, 1.54) is 0 Å². The molecule has 0 unspecified atom stereocenters. The fraction of sp³-hybridized carbons (Fsp3) is 0.429. The highest BCUT2D eigenvalue weighted by atomic mass is 35.5. The van der Waals surface area contributed by atoms with Crippen molar-refractivity contribution in [1.29, 1.82) is 0 Å². The third kappa shape index (κ3) is 3.61. The number of fused-ring (bicyclic) bond motifs is 1. The molecule has 1 heterocycles. The zero-order valence-corrected chi connectivity index (χ0v) is 13.8. The molecular weight excluding hydrogens is 306 g/mol. The lowest BCUT2D eigenvalue weighted by Crippen LogP contribution is -2.23. The largest absolute Gasteiger partial charge is 0.493 e. The van der Waals surface area contributed by atoms with E-state index < -0.39 is 0 Å². The molecule has 0 spiro atoms. The molecule has 1 aromatic heterocycles. The Bertz CT molecular complexity index is 638. The summed E-state index contributed by atoms with van der Waals surface area (Å²) in [6.45, 7) is 1.40. The number of hydrogen-bond acceptors (Lipinski definition) is 7. The number of rotatable bonds is 6. The Morgan fingerprint density at radius 2 is 1.77 bits per heavy atom. The van der Waals surface area contributed by atoms with E-state index in [1.54, 1.807) is 26.4 Å². The Labute approximate surface area is 136 Å². The minimum atomic E-state index is 0. The second kappa shape index (κ2) is 7.86. The summed E-state index contributed by atoms with van der Waals surface area (Å²) in [7, 11) is 5.08. The van der Waals surface area contributed by atoms with E-state index in [1.807, 2.05) is 11.9 Å². The average Bonchev–Trinajstić information content (AvgIpc) is 2.51. The first-order valence-corrected chi connectivity index (χ1v) is 6.71. The Morgan fingerprint density at radius 1 is 1.14 bits per heavy atom. The Balaban J connectivity index is 0.00000242. The minimum Gasteiger partial charge on any atom is -0.493 e. The van der Waals surface area contributed by atoms with Crippen LogP contribution in [0.1, 0.15) is 6.42 Å². The molecule has 0 atom stereocenters. The smallest absolute Gasteiger partial charge is 0.227 e. The van der Waals surface area contributed by atoms with E-state index in [9.17, 15) is 0 Å². The second-order valence-corrected chi connectivity index (χ2v) is 4.70. The summed E-state index contributed by atoms with van der Waals surface area (Å²) in [5.41, 5.74) is 12.3. The van der Waals surface area contributed by atoms with Gasteiger partial charge in [-0.25, -0.2) is 4.98 Å². The Hall–Kier alpha value is -1.99. The normalized spacial score (nSPS) is 10.2. The van der Waals surface area contributed by atoms with Gasteiger partial charge in [0.25, 0.3) is 0 Å². The molecule has 7 nitrogen and oxygen atoms in total. The lowest BCUT2D eigenvalue weighted by molar-refractivity contribution is 0.356. The van der Waals surface area contributed by atoms with Crippen LogP contribution < -0.4 is 25.8 Å². The molecule has 0 fully saturated rings. The van der Waals surface area contributed by atoms with E-state index in [-0.39, 0.29) is 12.4 Å². The maximum absolute atomic E-state index is 6.04. The summed E-state index contributed by atoms with van der Waals surface area (Å²) < 4.78 is 10.6. The Morgan fingerprint density at radius 3 is 2.36 bits per heavy atom. The zero-order chi connectivity index (χ0) is 15.4. The molecule has 0 saturated heterocycles. The van der Waals surface area contributed by atoms with Crippen molar-refractivity contribution < 1.29 is 9.47 Å². The number of hydrogen-bond donors (Lipinski definition) is 2. The van der Waals surface area contributed by atoms with Crippen LogP contribution in [0.2, 0.25) is 0 Å². The van der Waals surface area contributed by atoms with Gasteiger partial charge in [0.1, 0.15) is 5.82 Å². The molecule has 0 saturated carbocycles. The van der Waals surface area contributed by atoms with Crippen molar-refractivity contribution in [2.24, 2.45) is 5.73 Å². The first-order chi connectivity index (χ1) is 10.1. The van der Waals surface area contributed by atoms with E-state index in [0.29, 0.717) is 29.8 Å². The molecular formula is C14H22ClN5O2. The van der Waals surface area contributed by atoms with Gasteiger partial charge in [-0.2, -0.15) is 4.98 Å².